The molecule has 0 saturated carbocycles. The zero-order valence-corrected chi connectivity index (χ0v) is 18.7. The average molecular weight is 445 g/mol. The Balaban J connectivity index is 2.13. The average Bonchev–Trinajstić information content (AvgIpc) is 2.99. The van der Waals surface area contributed by atoms with E-state index in [9.17, 15) is 14.4 Å². The van der Waals surface area contributed by atoms with Gasteiger partial charge >= 0.3 is 11.9 Å². The normalized spacial score (nSPS) is 20.2. The van der Waals surface area contributed by atoms with Crippen LogP contribution in [0.25, 0.3) is 0 Å². The number of carbonyl (C=O) groups is 3. The molecule has 1 amide bonds. The van der Waals surface area contributed by atoms with E-state index in [2.05, 4.69) is 11.6 Å². The maximum atomic E-state index is 13.0. The van der Waals surface area contributed by atoms with Crippen LogP contribution in [-0.2, 0) is 19.1 Å². The van der Waals surface area contributed by atoms with Gasteiger partial charge in [0.05, 0.1) is 29.2 Å². The Hall–Kier alpha value is -3.07. The number of rotatable bonds is 7. The maximum absolute atomic E-state index is 13.0. The number of esters is 2. The fourth-order valence-corrected chi connectivity index (χ4v) is 4.42. The molecule has 0 spiro atoms. The van der Waals surface area contributed by atoms with Gasteiger partial charge in [-0.1, -0.05) is 30.5 Å². The topological polar surface area (TPSA) is 94.5 Å². The quantitative estimate of drug-likeness (QED) is 0.361. The van der Waals surface area contributed by atoms with E-state index >= 15 is 0 Å². The lowest BCUT2D eigenvalue weighted by Gasteiger charge is -2.33. The molecule has 0 aromatic heterocycles. The Bertz CT molecular complexity index is 1000. The van der Waals surface area contributed by atoms with Crippen LogP contribution in [0.4, 0.5) is 0 Å². The Morgan fingerprint density at radius 1 is 1.32 bits per heavy atom. The summed E-state index contributed by atoms with van der Waals surface area (Å²) in [6, 6.07) is 4.21. The van der Waals surface area contributed by atoms with Gasteiger partial charge in [-0.3, -0.25) is 14.5 Å². The van der Waals surface area contributed by atoms with Crippen LogP contribution < -0.4 is 9.47 Å². The third-order valence-electron chi connectivity index (χ3n) is 4.65. The van der Waals surface area contributed by atoms with Crippen molar-refractivity contribution in [2.75, 3.05) is 13.2 Å². The van der Waals surface area contributed by atoms with Crippen molar-refractivity contribution in [3.63, 3.8) is 0 Å². The summed E-state index contributed by atoms with van der Waals surface area (Å²) in [5, 5.41) is 0.201. The van der Waals surface area contributed by atoms with Gasteiger partial charge in [0.25, 0.3) is 0 Å². The first-order valence-corrected chi connectivity index (χ1v) is 10.7. The fourth-order valence-electron chi connectivity index (χ4n) is 3.39. The molecule has 0 unspecified atom stereocenters. The van der Waals surface area contributed by atoms with E-state index < -0.39 is 18.0 Å². The van der Waals surface area contributed by atoms with Crippen LogP contribution in [-0.4, -0.2) is 46.4 Å². The van der Waals surface area contributed by atoms with Crippen molar-refractivity contribution in [1.29, 1.82) is 0 Å². The van der Waals surface area contributed by atoms with Gasteiger partial charge in [0.1, 0.15) is 6.61 Å². The molecule has 8 nitrogen and oxygen atoms in total. The maximum Gasteiger partial charge on any atom is 0.338 e. The monoisotopic (exact) mass is 444 g/mol. The van der Waals surface area contributed by atoms with Crippen molar-refractivity contribution in [1.82, 2.24) is 4.90 Å². The Labute approximate surface area is 184 Å². The number of carbonyl (C=O) groups excluding carboxylic acids is 3. The molecule has 0 N–H and O–H groups in total. The molecule has 1 fully saturated rings. The lowest BCUT2D eigenvalue weighted by Crippen LogP contribution is -2.40. The molecule has 164 valence electrons. The fraction of sp³-hybridized carbons (Fsp3) is 0.364. The Morgan fingerprint density at radius 3 is 2.71 bits per heavy atom. The number of hydrogen-bond donors (Lipinski definition) is 0. The summed E-state index contributed by atoms with van der Waals surface area (Å²) in [6.07, 6.45) is 1.47. The van der Waals surface area contributed by atoms with Gasteiger partial charge in [0, 0.05) is 6.92 Å². The van der Waals surface area contributed by atoms with Gasteiger partial charge in [0.15, 0.2) is 16.7 Å². The summed E-state index contributed by atoms with van der Waals surface area (Å²) in [5.41, 5.74) is 1.35. The molecule has 1 saturated heterocycles. The standard InChI is InChI=1S/C22H24N2O6S/c1-6-10-29-21(27)18-12(3)23-22-24(20(26)13(4)31-22)19(18)15-8-9-16(30-14(5)25)17(11-15)28-7-2/h6,8-9,11,13,19H,1,7,10H2,2-5H3/t13-,19-/m0/s1. The van der Waals surface area contributed by atoms with E-state index in [0.717, 1.165) is 0 Å². The highest BCUT2D eigenvalue weighted by molar-refractivity contribution is 8.15. The molecule has 1 aromatic carbocycles. The number of aliphatic imine (C=N–C) groups is 1. The number of nitrogens with zero attached hydrogens (tertiary/aromatic N) is 2. The second-order valence-corrected chi connectivity index (χ2v) is 8.19. The molecule has 0 radical (unpaired) electrons. The Kier molecular flexibility index (Phi) is 6.84. The summed E-state index contributed by atoms with van der Waals surface area (Å²) in [4.78, 5) is 43.3. The lowest BCUT2D eigenvalue weighted by atomic mass is 9.94. The number of amidine groups is 1. The van der Waals surface area contributed by atoms with Gasteiger partial charge in [-0.25, -0.2) is 9.79 Å². The molecule has 0 aliphatic carbocycles. The van der Waals surface area contributed by atoms with Crippen LogP contribution in [0, 0.1) is 0 Å². The molecule has 31 heavy (non-hydrogen) atoms. The van der Waals surface area contributed by atoms with Crippen LogP contribution in [0.1, 0.15) is 39.3 Å². The van der Waals surface area contributed by atoms with Crippen molar-refractivity contribution in [2.24, 2.45) is 4.99 Å². The van der Waals surface area contributed by atoms with Gasteiger partial charge in [-0.15, -0.1) is 0 Å². The minimum absolute atomic E-state index is 0.0353. The highest BCUT2D eigenvalue weighted by Crippen LogP contribution is 2.44. The highest BCUT2D eigenvalue weighted by atomic mass is 32.2. The molecule has 2 aliphatic rings. The lowest BCUT2D eigenvalue weighted by molar-refractivity contribution is -0.139. The molecule has 2 aliphatic heterocycles. The summed E-state index contributed by atoms with van der Waals surface area (Å²) < 4.78 is 16.2. The van der Waals surface area contributed by atoms with Crippen molar-refractivity contribution < 1.29 is 28.6 Å². The molecule has 1 aromatic rings. The second kappa shape index (κ2) is 9.38. The first-order chi connectivity index (χ1) is 14.8. The van der Waals surface area contributed by atoms with Crippen LogP contribution in [0.3, 0.4) is 0 Å². The van der Waals surface area contributed by atoms with E-state index in [1.165, 1.54) is 29.7 Å². The predicted octanol–water partition coefficient (Wildman–Crippen LogP) is 3.39. The Morgan fingerprint density at radius 2 is 2.06 bits per heavy atom. The van der Waals surface area contributed by atoms with E-state index in [4.69, 9.17) is 14.2 Å². The summed E-state index contributed by atoms with van der Waals surface area (Å²) in [5.74, 6) is -0.620. The van der Waals surface area contributed by atoms with Gasteiger partial charge in [0.2, 0.25) is 5.91 Å². The number of thioether (sulfide) groups is 1. The largest absolute Gasteiger partial charge is 0.490 e. The minimum atomic E-state index is -0.750. The molecular weight excluding hydrogens is 420 g/mol. The number of fused-ring (bicyclic) bond motifs is 1. The van der Waals surface area contributed by atoms with Gasteiger partial charge in [-0.05, 0) is 38.5 Å². The first-order valence-electron chi connectivity index (χ1n) is 9.80. The van der Waals surface area contributed by atoms with E-state index in [0.29, 0.717) is 28.8 Å². The number of amides is 1. The number of benzene rings is 1. The molecule has 2 heterocycles. The van der Waals surface area contributed by atoms with Crippen molar-refractivity contribution >= 4 is 34.8 Å². The van der Waals surface area contributed by atoms with Crippen molar-refractivity contribution in [3.05, 3.63) is 47.7 Å². The third kappa shape index (κ3) is 4.51. The van der Waals surface area contributed by atoms with E-state index in [-0.39, 0.29) is 29.1 Å². The highest BCUT2D eigenvalue weighted by Gasteiger charge is 2.46. The number of ether oxygens (including phenoxy) is 3. The first kappa shape index (κ1) is 22.6. The summed E-state index contributed by atoms with van der Waals surface area (Å²) >= 11 is 1.34. The third-order valence-corrected chi connectivity index (χ3v) is 5.70. The SMILES string of the molecule is C=CCOC(=O)C1=C(C)N=C2S[C@@H](C)C(=O)N2[C@H]1c1ccc(OC(C)=O)c(OCC)c1. The molecule has 0 bridgehead atoms. The molecule has 9 heteroatoms. The molecule has 2 atom stereocenters. The van der Waals surface area contributed by atoms with Crippen LogP contribution in [0.5, 0.6) is 11.5 Å². The summed E-state index contributed by atoms with van der Waals surface area (Å²) in [6.45, 7) is 10.6. The van der Waals surface area contributed by atoms with Crippen LogP contribution in [0.15, 0.2) is 47.1 Å². The zero-order valence-electron chi connectivity index (χ0n) is 17.8. The van der Waals surface area contributed by atoms with Gasteiger partial charge in [-0.2, -0.15) is 0 Å². The number of hydrogen-bond acceptors (Lipinski definition) is 8. The molecule has 3 rings (SSSR count). The van der Waals surface area contributed by atoms with Crippen molar-refractivity contribution in [3.8, 4) is 11.5 Å². The van der Waals surface area contributed by atoms with E-state index in [1.54, 1.807) is 39.0 Å². The van der Waals surface area contributed by atoms with Crippen molar-refractivity contribution in [2.45, 2.75) is 39.0 Å². The second-order valence-electron chi connectivity index (χ2n) is 6.88. The molecular formula is C22H24N2O6S. The van der Waals surface area contributed by atoms with Crippen LogP contribution in [0.2, 0.25) is 0 Å². The van der Waals surface area contributed by atoms with E-state index in [1.807, 2.05) is 0 Å². The summed E-state index contributed by atoms with van der Waals surface area (Å²) in [7, 11) is 0. The zero-order chi connectivity index (χ0) is 22.7. The predicted molar refractivity (Wildman–Crippen MR) is 117 cm³/mol. The smallest absolute Gasteiger partial charge is 0.338 e. The number of allylic oxidation sites excluding steroid dienone is 1. The van der Waals surface area contributed by atoms with Gasteiger partial charge < -0.3 is 14.2 Å². The minimum Gasteiger partial charge on any atom is -0.490 e. The van der Waals surface area contributed by atoms with Crippen LogP contribution >= 0.6 is 11.8 Å².